The fourth-order valence-electron chi connectivity index (χ4n) is 2.28. The van der Waals surface area contributed by atoms with Crippen LogP contribution in [-0.2, 0) is 14.8 Å². The zero-order chi connectivity index (χ0) is 22.6. The molecule has 0 aromatic heterocycles. The highest BCUT2D eigenvalue weighted by Gasteiger charge is 2.15. The van der Waals surface area contributed by atoms with Gasteiger partial charge in [-0.25, -0.2) is 17.9 Å². The van der Waals surface area contributed by atoms with Crippen LogP contribution < -0.4 is 20.7 Å². The molecule has 1 aromatic rings. The molecule has 0 aliphatic rings. The Hall–Kier alpha value is -2.33. The zero-order valence-electron chi connectivity index (χ0n) is 18.5. The van der Waals surface area contributed by atoms with E-state index in [1.807, 2.05) is 34.6 Å². The number of rotatable bonds is 10. The molecule has 0 saturated carbocycles. The summed E-state index contributed by atoms with van der Waals surface area (Å²) in [6.45, 7) is 11.5. The van der Waals surface area contributed by atoms with Gasteiger partial charge in [-0.15, -0.1) is 0 Å². The molecule has 0 unspecified atom stereocenters. The lowest BCUT2D eigenvalue weighted by Gasteiger charge is -2.19. The topological polar surface area (TPSA) is 121 Å². The molecule has 1 aromatic carbocycles. The summed E-state index contributed by atoms with van der Waals surface area (Å²) in [6.07, 6.45) is 0.202. The van der Waals surface area contributed by atoms with E-state index in [9.17, 15) is 13.2 Å². The highest BCUT2D eigenvalue weighted by atomic mass is 32.2. The number of alkyl carbamates (subject to hydrolysis) is 1. The molecule has 0 bridgehead atoms. The van der Waals surface area contributed by atoms with Crippen molar-refractivity contribution in [1.29, 1.82) is 0 Å². The smallest absolute Gasteiger partial charge is 0.407 e. The fourth-order valence-corrected chi connectivity index (χ4v) is 3.32. The largest absolute Gasteiger partial charge is 0.444 e. The molecule has 10 heteroatoms. The molecule has 0 saturated heterocycles. The van der Waals surface area contributed by atoms with E-state index in [0.717, 1.165) is 5.56 Å². The molecule has 170 valence electrons. The van der Waals surface area contributed by atoms with Crippen molar-refractivity contribution >= 4 is 22.1 Å². The minimum atomic E-state index is -3.54. The van der Waals surface area contributed by atoms with Crippen LogP contribution in [0.25, 0.3) is 0 Å². The second kappa shape index (κ2) is 12.4. The Morgan fingerprint density at radius 3 is 2.30 bits per heavy atom. The molecule has 0 heterocycles. The SMILES string of the molecule is CCNC(=NCCCNC(=O)OC(C)(C)C)NCCNS(=O)(=O)c1ccc(C)cc1. The first kappa shape index (κ1) is 25.7. The van der Waals surface area contributed by atoms with E-state index < -0.39 is 21.7 Å². The summed E-state index contributed by atoms with van der Waals surface area (Å²) in [4.78, 5) is 16.2. The van der Waals surface area contributed by atoms with Crippen LogP contribution in [0.4, 0.5) is 4.79 Å². The van der Waals surface area contributed by atoms with Gasteiger partial charge in [0.1, 0.15) is 5.60 Å². The van der Waals surface area contributed by atoms with E-state index in [2.05, 4.69) is 25.7 Å². The van der Waals surface area contributed by atoms with Gasteiger partial charge in [-0.3, -0.25) is 4.99 Å². The Bertz CT molecular complexity index is 786. The van der Waals surface area contributed by atoms with Crippen molar-refractivity contribution in [2.24, 2.45) is 4.99 Å². The number of amides is 1. The van der Waals surface area contributed by atoms with E-state index in [1.54, 1.807) is 24.3 Å². The molecule has 0 aliphatic carbocycles. The van der Waals surface area contributed by atoms with Gasteiger partial charge in [0.25, 0.3) is 0 Å². The molecular weight excluding hydrogens is 406 g/mol. The summed E-state index contributed by atoms with van der Waals surface area (Å²) in [5.74, 6) is 0.587. The molecule has 0 fully saturated rings. The first-order chi connectivity index (χ1) is 14.0. The standard InChI is InChI=1S/C20H35N5O4S/c1-6-21-18(22-12-7-13-24-19(26)29-20(3,4)5)23-14-15-25-30(27,28)17-10-8-16(2)9-11-17/h8-11,25H,6-7,12-15H2,1-5H3,(H,24,26)(H2,21,22,23). The number of carbonyl (C=O) groups excluding carboxylic acids is 1. The Kier molecular flexibility index (Phi) is 10.6. The Morgan fingerprint density at radius 1 is 1.03 bits per heavy atom. The van der Waals surface area contributed by atoms with Gasteiger partial charge in [-0.1, -0.05) is 17.7 Å². The third-order valence-electron chi connectivity index (χ3n) is 3.66. The number of aryl methyl sites for hydroxylation is 1. The summed E-state index contributed by atoms with van der Waals surface area (Å²) < 4.78 is 32.3. The number of benzene rings is 1. The monoisotopic (exact) mass is 441 g/mol. The first-order valence-corrected chi connectivity index (χ1v) is 11.6. The quantitative estimate of drug-likeness (QED) is 0.249. The van der Waals surface area contributed by atoms with Crippen LogP contribution in [0.15, 0.2) is 34.2 Å². The molecule has 1 amide bonds. The van der Waals surface area contributed by atoms with E-state index in [-0.39, 0.29) is 11.4 Å². The maximum absolute atomic E-state index is 12.3. The maximum atomic E-state index is 12.3. The van der Waals surface area contributed by atoms with Crippen LogP contribution in [0.3, 0.4) is 0 Å². The molecule has 1 rings (SSSR count). The molecule has 9 nitrogen and oxygen atoms in total. The number of sulfonamides is 1. The average molecular weight is 442 g/mol. The van der Waals surface area contributed by atoms with Crippen molar-refractivity contribution in [1.82, 2.24) is 20.7 Å². The lowest BCUT2D eigenvalue weighted by atomic mass is 10.2. The number of carbonyl (C=O) groups is 1. The van der Waals surface area contributed by atoms with Crippen molar-refractivity contribution in [2.45, 2.75) is 51.5 Å². The summed E-state index contributed by atoms with van der Waals surface area (Å²) in [5, 5.41) is 8.87. The van der Waals surface area contributed by atoms with Gasteiger partial charge in [0.05, 0.1) is 4.90 Å². The van der Waals surface area contributed by atoms with Gasteiger partial charge in [0.2, 0.25) is 10.0 Å². The van der Waals surface area contributed by atoms with Crippen molar-refractivity contribution in [3.8, 4) is 0 Å². The normalized spacial score (nSPS) is 12.4. The molecule has 4 N–H and O–H groups in total. The van der Waals surface area contributed by atoms with Gasteiger partial charge in [0, 0.05) is 32.7 Å². The van der Waals surface area contributed by atoms with Crippen LogP contribution in [0.2, 0.25) is 0 Å². The molecule has 0 radical (unpaired) electrons. The molecule has 30 heavy (non-hydrogen) atoms. The van der Waals surface area contributed by atoms with E-state index in [1.165, 1.54) is 0 Å². The number of hydrogen-bond acceptors (Lipinski definition) is 5. The third kappa shape index (κ3) is 11.0. The summed E-state index contributed by atoms with van der Waals surface area (Å²) in [6, 6.07) is 6.70. The van der Waals surface area contributed by atoms with E-state index >= 15 is 0 Å². The van der Waals surface area contributed by atoms with Crippen molar-refractivity contribution in [3.05, 3.63) is 29.8 Å². The Labute approximate surface area is 180 Å². The Balaban J connectivity index is 2.35. The predicted octanol–water partition coefficient (Wildman–Crippen LogP) is 1.74. The molecular formula is C20H35N5O4S. The van der Waals surface area contributed by atoms with Gasteiger partial charge in [-0.2, -0.15) is 0 Å². The number of hydrogen-bond donors (Lipinski definition) is 4. The van der Waals surface area contributed by atoms with Gasteiger partial charge in [0.15, 0.2) is 5.96 Å². The number of nitrogens with one attached hydrogen (secondary N) is 4. The second-order valence-electron chi connectivity index (χ2n) is 7.68. The summed E-state index contributed by atoms with van der Waals surface area (Å²) in [7, 11) is -3.54. The van der Waals surface area contributed by atoms with Crippen LogP contribution in [0, 0.1) is 6.92 Å². The van der Waals surface area contributed by atoms with E-state index in [4.69, 9.17) is 4.74 Å². The highest BCUT2D eigenvalue weighted by Crippen LogP contribution is 2.09. The number of nitrogens with zero attached hydrogens (tertiary/aromatic N) is 1. The van der Waals surface area contributed by atoms with Crippen LogP contribution in [0.1, 0.15) is 39.7 Å². The van der Waals surface area contributed by atoms with Crippen molar-refractivity contribution in [2.75, 3.05) is 32.7 Å². The summed E-state index contributed by atoms with van der Waals surface area (Å²) >= 11 is 0. The first-order valence-electron chi connectivity index (χ1n) is 10.1. The molecule has 0 aliphatic heterocycles. The van der Waals surface area contributed by atoms with Gasteiger partial charge >= 0.3 is 6.09 Å². The van der Waals surface area contributed by atoms with Crippen LogP contribution in [0.5, 0.6) is 0 Å². The minimum Gasteiger partial charge on any atom is -0.444 e. The van der Waals surface area contributed by atoms with Crippen molar-refractivity contribution < 1.29 is 17.9 Å². The fraction of sp³-hybridized carbons (Fsp3) is 0.600. The second-order valence-corrected chi connectivity index (χ2v) is 9.45. The lowest BCUT2D eigenvalue weighted by molar-refractivity contribution is 0.0527. The number of guanidine groups is 1. The zero-order valence-corrected chi connectivity index (χ0v) is 19.4. The highest BCUT2D eigenvalue weighted by molar-refractivity contribution is 7.89. The minimum absolute atomic E-state index is 0.223. The molecule has 0 atom stereocenters. The third-order valence-corrected chi connectivity index (χ3v) is 5.13. The van der Waals surface area contributed by atoms with Crippen LogP contribution >= 0.6 is 0 Å². The molecule has 0 spiro atoms. The summed E-state index contributed by atoms with van der Waals surface area (Å²) in [5.41, 5.74) is 0.481. The lowest BCUT2D eigenvalue weighted by Crippen LogP contribution is -2.41. The van der Waals surface area contributed by atoms with E-state index in [0.29, 0.717) is 38.6 Å². The van der Waals surface area contributed by atoms with Crippen LogP contribution in [-0.4, -0.2) is 58.8 Å². The maximum Gasteiger partial charge on any atom is 0.407 e. The van der Waals surface area contributed by atoms with Crippen molar-refractivity contribution in [3.63, 3.8) is 0 Å². The number of ether oxygens (including phenoxy) is 1. The van der Waals surface area contributed by atoms with Gasteiger partial charge < -0.3 is 20.7 Å². The average Bonchev–Trinajstić information content (AvgIpc) is 2.63. The van der Waals surface area contributed by atoms with Gasteiger partial charge in [-0.05, 0) is 53.2 Å². The predicted molar refractivity (Wildman–Crippen MR) is 119 cm³/mol. The number of aliphatic imine (C=N–C) groups is 1. The Morgan fingerprint density at radius 2 is 1.70 bits per heavy atom.